The minimum Gasteiger partial charge on any atom is -0.375 e. The van der Waals surface area contributed by atoms with Crippen molar-refractivity contribution in [2.24, 2.45) is 0 Å². The lowest BCUT2D eigenvalue weighted by molar-refractivity contribution is -0.137. The van der Waals surface area contributed by atoms with E-state index in [4.69, 9.17) is 16.3 Å². The van der Waals surface area contributed by atoms with Crippen LogP contribution in [0.5, 0.6) is 0 Å². The number of carbonyl (C=O) groups excluding carboxylic acids is 1. The van der Waals surface area contributed by atoms with Crippen LogP contribution in [0.15, 0.2) is 48.5 Å². The summed E-state index contributed by atoms with van der Waals surface area (Å²) < 4.78 is 42.9. The molecule has 25 heavy (non-hydrogen) atoms. The summed E-state index contributed by atoms with van der Waals surface area (Å²) in [5, 5.41) is 3.32. The van der Waals surface area contributed by atoms with Gasteiger partial charge in [-0.2, -0.15) is 13.2 Å². The molecule has 1 N–H and O–H groups in total. The third-order valence-electron chi connectivity index (χ3n) is 3.66. The normalized spacial score (nSPS) is 12.7. The number of methoxy groups -OCH3 is 1. The third-order valence-corrected chi connectivity index (χ3v) is 3.91. The maximum atomic E-state index is 12.5. The molecule has 0 aromatic heterocycles. The molecule has 2 aromatic carbocycles. The predicted molar refractivity (Wildman–Crippen MR) is 89.4 cm³/mol. The third kappa shape index (κ3) is 5.76. The minimum absolute atomic E-state index is 0.00477. The Morgan fingerprint density at radius 2 is 1.72 bits per heavy atom. The van der Waals surface area contributed by atoms with Crippen LogP contribution < -0.4 is 5.32 Å². The summed E-state index contributed by atoms with van der Waals surface area (Å²) in [6.07, 6.45) is -4.73. The molecule has 0 heterocycles. The second-order valence-electron chi connectivity index (χ2n) is 5.45. The smallest absolute Gasteiger partial charge is 0.375 e. The predicted octanol–water partition coefficient (Wildman–Crippen LogP) is 4.41. The number of hydrogen-bond donors (Lipinski definition) is 1. The lowest BCUT2D eigenvalue weighted by Gasteiger charge is -2.16. The monoisotopic (exact) mass is 371 g/mol. The van der Waals surface area contributed by atoms with Crippen molar-refractivity contribution in [1.29, 1.82) is 0 Å². The standard InChI is InChI=1S/C18H17ClF3NO2/c1-25-16(13-4-8-15(19)9-5-13)11-23-17(24)10-12-2-6-14(7-3-12)18(20,21)22/h2-9,16H,10-11H2,1H3,(H,23,24)/t16-/m0/s1. The van der Waals surface area contributed by atoms with Crippen molar-refractivity contribution in [3.05, 3.63) is 70.2 Å². The fourth-order valence-corrected chi connectivity index (χ4v) is 2.41. The van der Waals surface area contributed by atoms with Gasteiger partial charge in [0, 0.05) is 18.7 Å². The summed E-state index contributed by atoms with van der Waals surface area (Å²) >= 11 is 5.84. The summed E-state index contributed by atoms with van der Waals surface area (Å²) in [5.41, 5.74) is 0.631. The van der Waals surface area contributed by atoms with Crippen molar-refractivity contribution >= 4 is 17.5 Å². The number of rotatable bonds is 6. The van der Waals surface area contributed by atoms with Crippen molar-refractivity contribution in [1.82, 2.24) is 5.32 Å². The molecule has 0 saturated carbocycles. The molecule has 3 nitrogen and oxygen atoms in total. The zero-order valence-corrected chi connectivity index (χ0v) is 14.2. The highest BCUT2D eigenvalue weighted by Gasteiger charge is 2.29. The summed E-state index contributed by atoms with van der Waals surface area (Å²) in [6.45, 7) is 0.248. The molecule has 0 aliphatic carbocycles. The van der Waals surface area contributed by atoms with Crippen LogP contribution in [0.4, 0.5) is 13.2 Å². The summed E-state index contributed by atoms with van der Waals surface area (Å²) in [6, 6.07) is 11.6. The first-order chi connectivity index (χ1) is 11.8. The quantitative estimate of drug-likeness (QED) is 0.817. The van der Waals surface area contributed by atoms with E-state index in [0.717, 1.165) is 17.7 Å². The molecule has 0 aliphatic rings. The van der Waals surface area contributed by atoms with Gasteiger partial charge in [0.25, 0.3) is 0 Å². The number of benzene rings is 2. The SMILES string of the molecule is CO[C@@H](CNC(=O)Cc1ccc(C(F)(F)F)cc1)c1ccc(Cl)cc1. The molecule has 0 saturated heterocycles. The molecule has 0 radical (unpaired) electrons. The maximum absolute atomic E-state index is 12.5. The fraction of sp³-hybridized carbons (Fsp3) is 0.278. The van der Waals surface area contributed by atoms with E-state index < -0.39 is 11.7 Å². The molecular formula is C18H17ClF3NO2. The van der Waals surface area contributed by atoms with Gasteiger partial charge in [0.05, 0.1) is 18.1 Å². The van der Waals surface area contributed by atoms with Crippen LogP contribution in [0.3, 0.4) is 0 Å². The Bertz CT molecular complexity index is 700. The molecule has 0 spiro atoms. The molecular weight excluding hydrogens is 355 g/mol. The van der Waals surface area contributed by atoms with E-state index in [9.17, 15) is 18.0 Å². The highest BCUT2D eigenvalue weighted by Crippen LogP contribution is 2.29. The molecule has 2 aromatic rings. The van der Waals surface area contributed by atoms with E-state index >= 15 is 0 Å². The van der Waals surface area contributed by atoms with Crippen LogP contribution in [-0.4, -0.2) is 19.6 Å². The second kappa shape index (κ2) is 8.36. The lowest BCUT2D eigenvalue weighted by Crippen LogP contribution is -2.30. The van der Waals surface area contributed by atoms with Gasteiger partial charge < -0.3 is 10.1 Å². The number of alkyl halides is 3. The Hall–Kier alpha value is -2.05. The van der Waals surface area contributed by atoms with Gasteiger partial charge in [0.1, 0.15) is 0 Å². The van der Waals surface area contributed by atoms with Crippen LogP contribution in [0.1, 0.15) is 22.8 Å². The van der Waals surface area contributed by atoms with E-state index in [1.807, 2.05) is 0 Å². The highest BCUT2D eigenvalue weighted by molar-refractivity contribution is 6.30. The molecule has 0 bridgehead atoms. The van der Waals surface area contributed by atoms with Crippen molar-refractivity contribution < 1.29 is 22.7 Å². The average Bonchev–Trinajstić information content (AvgIpc) is 2.56. The number of halogens is 4. The first-order valence-electron chi connectivity index (χ1n) is 7.50. The molecule has 0 unspecified atom stereocenters. The Kier molecular flexibility index (Phi) is 6.45. The van der Waals surface area contributed by atoms with Crippen molar-refractivity contribution in [2.45, 2.75) is 18.7 Å². The van der Waals surface area contributed by atoms with Crippen molar-refractivity contribution in [3.8, 4) is 0 Å². The Morgan fingerprint density at radius 3 is 2.24 bits per heavy atom. The largest absolute Gasteiger partial charge is 0.416 e. The zero-order valence-electron chi connectivity index (χ0n) is 13.4. The van der Waals surface area contributed by atoms with E-state index in [-0.39, 0.29) is 25.0 Å². The highest BCUT2D eigenvalue weighted by atomic mass is 35.5. The summed E-state index contributed by atoms with van der Waals surface area (Å²) in [7, 11) is 1.53. The van der Waals surface area contributed by atoms with Gasteiger partial charge in [-0.3, -0.25) is 4.79 Å². The van der Waals surface area contributed by atoms with E-state index in [2.05, 4.69) is 5.32 Å². The summed E-state index contributed by atoms with van der Waals surface area (Å²) in [5.74, 6) is -0.296. The molecule has 0 aliphatic heterocycles. The minimum atomic E-state index is -4.38. The van der Waals surface area contributed by atoms with Crippen molar-refractivity contribution in [3.63, 3.8) is 0 Å². The van der Waals surface area contributed by atoms with Gasteiger partial charge in [-0.05, 0) is 35.4 Å². The topological polar surface area (TPSA) is 38.3 Å². The first kappa shape index (κ1) is 19.3. The average molecular weight is 372 g/mol. The van der Waals surface area contributed by atoms with Gasteiger partial charge in [0.15, 0.2) is 0 Å². The van der Waals surface area contributed by atoms with Crippen LogP contribution in [0.25, 0.3) is 0 Å². The summed E-state index contributed by atoms with van der Waals surface area (Å²) in [4.78, 5) is 12.0. The van der Waals surface area contributed by atoms with Gasteiger partial charge in [-0.15, -0.1) is 0 Å². The van der Waals surface area contributed by atoms with Crippen LogP contribution in [0.2, 0.25) is 5.02 Å². The van der Waals surface area contributed by atoms with Crippen molar-refractivity contribution in [2.75, 3.05) is 13.7 Å². The Labute approximate surface area is 148 Å². The zero-order chi connectivity index (χ0) is 18.4. The fourth-order valence-electron chi connectivity index (χ4n) is 2.28. The second-order valence-corrected chi connectivity index (χ2v) is 5.89. The van der Waals surface area contributed by atoms with Crippen LogP contribution in [0, 0.1) is 0 Å². The van der Waals surface area contributed by atoms with Gasteiger partial charge in [-0.25, -0.2) is 0 Å². The maximum Gasteiger partial charge on any atom is 0.416 e. The molecule has 1 amide bonds. The lowest BCUT2D eigenvalue weighted by atomic mass is 10.1. The van der Waals surface area contributed by atoms with Gasteiger partial charge >= 0.3 is 6.18 Å². The number of carbonyl (C=O) groups is 1. The number of hydrogen-bond acceptors (Lipinski definition) is 2. The van der Waals surface area contributed by atoms with Crippen LogP contribution in [-0.2, 0) is 22.1 Å². The molecule has 134 valence electrons. The van der Waals surface area contributed by atoms with E-state index in [1.165, 1.54) is 19.2 Å². The molecule has 7 heteroatoms. The molecule has 1 atom stereocenters. The number of amides is 1. The van der Waals surface area contributed by atoms with Gasteiger partial charge in [0.2, 0.25) is 5.91 Å². The first-order valence-corrected chi connectivity index (χ1v) is 7.88. The van der Waals surface area contributed by atoms with E-state index in [1.54, 1.807) is 24.3 Å². The van der Waals surface area contributed by atoms with Crippen LogP contribution >= 0.6 is 11.6 Å². The molecule has 2 rings (SSSR count). The number of nitrogens with one attached hydrogen (secondary N) is 1. The number of ether oxygens (including phenoxy) is 1. The Morgan fingerprint density at radius 1 is 1.12 bits per heavy atom. The molecule has 0 fully saturated rings. The van der Waals surface area contributed by atoms with E-state index in [0.29, 0.717) is 10.6 Å². The Balaban J connectivity index is 1.90. The van der Waals surface area contributed by atoms with Gasteiger partial charge in [-0.1, -0.05) is 35.9 Å².